The second-order valence-corrected chi connectivity index (χ2v) is 7.57. The lowest BCUT2D eigenvalue weighted by Crippen LogP contribution is -2.39. The highest BCUT2D eigenvalue weighted by Gasteiger charge is 2.23. The molecule has 122 valence electrons. The minimum Gasteiger partial charge on any atom is -0.360 e. The Balaban J connectivity index is 1.73. The molecule has 1 aliphatic carbocycles. The van der Waals surface area contributed by atoms with Gasteiger partial charge in [-0.2, -0.15) is 0 Å². The van der Waals surface area contributed by atoms with E-state index in [1.165, 1.54) is 41.7 Å². The molecule has 1 atom stereocenters. The maximum absolute atomic E-state index is 5.49. The van der Waals surface area contributed by atoms with Gasteiger partial charge in [0.25, 0.3) is 0 Å². The Morgan fingerprint density at radius 1 is 1.26 bits per heavy atom. The van der Waals surface area contributed by atoms with Crippen LogP contribution < -0.4 is 10.6 Å². The minimum absolute atomic E-state index is 0.133. The summed E-state index contributed by atoms with van der Waals surface area (Å²) in [5, 5.41) is 9.77. The number of hydrogen-bond donors (Lipinski definition) is 2. The van der Waals surface area contributed by atoms with Gasteiger partial charge in [-0.05, 0) is 60.5 Å². The van der Waals surface area contributed by atoms with Crippen LogP contribution in [0.2, 0.25) is 0 Å². The van der Waals surface area contributed by atoms with Crippen LogP contribution in [0.25, 0.3) is 0 Å². The molecule has 1 aromatic carbocycles. The van der Waals surface area contributed by atoms with E-state index in [0.717, 1.165) is 11.5 Å². The van der Waals surface area contributed by atoms with Crippen LogP contribution in [0.3, 0.4) is 0 Å². The topological polar surface area (TPSA) is 24.1 Å². The standard InChI is InChI=1S/C19H24N2S2/c1-2-3-5-14-7-9-15(10-8-14)18(17-6-4-13-23-17)21-19(22)20-16-11-12-16/h4,6-10,13,16,18H,2-3,5,11-12H2,1H3,(H2,20,21,22)/t18-/m0/s1. The Bertz CT molecular complexity index is 615. The maximum atomic E-state index is 5.49. The van der Waals surface area contributed by atoms with Crippen LogP contribution in [0, 0.1) is 0 Å². The van der Waals surface area contributed by atoms with Crippen molar-refractivity contribution < 1.29 is 0 Å². The van der Waals surface area contributed by atoms with E-state index in [9.17, 15) is 0 Å². The number of unbranched alkanes of at least 4 members (excludes halogenated alkanes) is 1. The summed E-state index contributed by atoms with van der Waals surface area (Å²) >= 11 is 7.26. The first-order valence-electron chi connectivity index (χ1n) is 8.45. The predicted molar refractivity (Wildman–Crippen MR) is 103 cm³/mol. The maximum Gasteiger partial charge on any atom is 0.167 e. The molecule has 1 fully saturated rings. The van der Waals surface area contributed by atoms with Gasteiger partial charge in [-0.15, -0.1) is 11.3 Å². The largest absolute Gasteiger partial charge is 0.360 e. The van der Waals surface area contributed by atoms with E-state index in [1.807, 2.05) is 0 Å². The van der Waals surface area contributed by atoms with E-state index in [1.54, 1.807) is 11.3 Å². The molecule has 1 aromatic heterocycles. The zero-order chi connectivity index (χ0) is 16.1. The normalized spacial score (nSPS) is 15.2. The van der Waals surface area contributed by atoms with Crippen LogP contribution in [0.1, 0.15) is 54.7 Å². The fourth-order valence-corrected chi connectivity index (χ4v) is 3.70. The quantitative estimate of drug-likeness (QED) is 0.705. The average molecular weight is 345 g/mol. The van der Waals surface area contributed by atoms with Gasteiger partial charge in [0.1, 0.15) is 0 Å². The Hall–Kier alpha value is -1.39. The number of benzene rings is 1. The molecule has 0 saturated heterocycles. The zero-order valence-electron chi connectivity index (χ0n) is 13.5. The smallest absolute Gasteiger partial charge is 0.167 e. The average Bonchev–Trinajstić information content (AvgIpc) is 3.21. The van der Waals surface area contributed by atoms with Crippen molar-refractivity contribution in [2.45, 2.75) is 51.1 Å². The van der Waals surface area contributed by atoms with Crippen molar-refractivity contribution >= 4 is 28.7 Å². The van der Waals surface area contributed by atoms with Gasteiger partial charge < -0.3 is 10.6 Å². The Labute approximate surface area is 148 Å². The van der Waals surface area contributed by atoms with Gasteiger partial charge in [0, 0.05) is 10.9 Å². The van der Waals surface area contributed by atoms with Gasteiger partial charge in [0.15, 0.2) is 5.11 Å². The molecular formula is C19H24N2S2. The number of thiocarbonyl (C=S) groups is 1. The molecule has 0 bridgehead atoms. The second kappa shape index (κ2) is 7.93. The summed E-state index contributed by atoms with van der Waals surface area (Å²) in [6, 6.07) is 14.0. The first kappa shape index (κ1) is 16.5. The van der Waals surface area contributed by atoms with E-state index in [-0.39, 0.29) is 6.04 Å². The SMILES string of the molecule is CCCCc1ccc([C@H](NC(=S)NC2CC2)c2cccs2)cc1. The summed E-state index contributed by atoms with van der Waals surface area (Å²) in [4.78, 5) is 1.30. The molecule has 4 heteroatoms. The second-order valence-electron chi connectivity index (χ2n) is 6.19. The van der Waals surface area contributed by atoms with E-state index in [0.29, 0.717) is 6.04 Å². The highest BCUT2D eigenvalue weighted by atomic mass is 32.1. The fourth-order valence-electron chi connectivity index (χ4n) is 2.62. The lowest BCUT2D eigenvalue weighted by molar-refractivity contribution is 0.744. The van der Waals surface area contributed by atoms with Crippen molar-refractivity contribution in [2.75, 3.05) is 0 Å². The lowest BCUT2D eigenvalue weighted by Gasteiger charge is -2.21. The van der Waals surface area contributed by atoms with Gasteiger partial charge in [0.2, 0.25) is 0 Å². The number of hydrogen-bond acceptors (Lipinski definition) is 2. The summed E-state index contributed by atoms with van der Waals surface area (Å²) in [5.41, 5.74) is 2.69. The number of aryl methyl sites for hydroxylation is 1. The van der Waals surface area contributed by atoms with Crippen molar-refractivity contribution in [1.82, 2.24) is 10.6 Å². The van der Waals surface area contributed by atoms with Gasteiger partial charge >= 0.3 is 0 Å². The van der Waals surface area contributed by atoms with Crippen LogP contribution in [0.5, 0.6) is 0 Å². The van der Waals surface area contributed by atoms with Gasteiger partial charge in [-0.1, -0.05) is 43.7 Å². The molecule has 3 rings (SSSR count). The molecule has 1 aliphatic rings. The third-order valence-corrected chi connectivity index (χ3v) is 5.32. The minimum atomic E-state index is 0.133. The van der Waals surface area contributed by atoms with Crippen molar-refractivity contribution in [3.05, 3.63) is 57.8 Å². The number of thiophene rings is 1. The predicted octanol–water partition coefficient (Wildman–Crippen LogP) is 4.81. The molecule has 0 aliphatic heterocycles. The van der Waals surface area contributed by atoms with Crippen LogP contribution in [0.15, 0.2) is 41.8 Å². The molecule has 2 N–H and O–H groups in total. The molecule has 0 unspecified atom stereocenters. The van der Waals surface area contributed by atoms with E-state index < -0.39 is 0 Å². The van der Waals surface area contributed by atoms with Crippen LogP contribution in [0.4, 0.5) is 0 Å². The van der Waals surface area contributed by atoms with E-state index in [4.69, 9.17) is 12.2 Å². The number of nitrogens with one attached hydrogen (secondary N) is 2. The van der Waals surface area contributed by atoms with Gasteiger partial charge in [0.05, 0.1) is 6.04 Å². The molecular weight excluding hydrogens is 320 g/mol. The molecule has 1 saturated carbocycles. The molecule has 0 amide bonds. The molecule has 23 heavy (non-hydrogen) atoms. The van der Waals surface area contributed by atoms with Crippen molar-refractivity contribution in [2.24, 2.45) is 0 Å². The monoisotopic (exact) mass is 344 g/mol. The highest BCUT2D eigenvalue weighted by Crippen LogP contribution is 2.27. The Morgan fingerprint density at radius 2 is 2.04 bits per heavy atom. The molecule has 2 nitrogen and oxygen atoms in total. The van der Waals surface area contributed by atoms with E-state index in [2.05, 4.69) is 59.3 Å². The molecule has 0 spiro atoms. The summed E-state index contributed by atoms with van der Waals surface area (Å²) < 4.78 is 0. The lowest BCUT2D eigenvalue weighted by atomic mass is 10.0. The zero-order valence-corrected chi connectivity index (χ0v) is 15.2. The summed E-state index contributed by atoms with van der Waals surface area (Å²) in [6.07, 6.45) is 6.12. The first-order chi connectivity index (χ1) is 11.3. The molecule has 2 aromatic rings. The summed E-state index contributed by atoms with van der Waals surface area (Å²) in [7, 11) is 0. The van der Waals surface area contributed by atoms with E-state index >= 15 is 0 Å². The van der Waals surface area contributed by atoms with Crippen LogP contribution in [-0.4, -0.2) is 11.2 Å². The Morgan fingerprint density at radius 3 is 2.65 bits per heavy atom. The van der Waals surface area contributed by atoms with Gasteiger partial charge in [-0.3, -0.25) is 0 Å². The highest BCUT2D eigenvalue weighted by molar-refractivity contribution is 7.80. The Kier molecular flexibility index (Phi) is 5.68. The molecule has 1 heterocycles. The summed E-state index contributed by atoms with van der Waals surface area (Å²) in [6.45, 7) is 2.24. The third-order valence-electron chi connectivity index (χ3n) is 4.15. The molecule has 0 radical (unpaired) electrons. The number of rotatable bonds is 7. The third kappa shape index (κ3) is 4.79. The fraction of sp³-hybridized carbons (Fsp3) is 0.421. The van der Waals surface area contributed by atoms with Gasteiger partial charge in [-0.25, -0.2) is 0 Å². The van der Waals surface area contributed by atoms with Crippen molar-refractivity contribution in [3.8, 4) is 0 Å². The first-order valence-corrected chi connectivity index (χ1v) is 9.74. The van der Waals surface area contributed by atoms with Crippen LogP contribution >= 0.6 is 23.6 Å². The van der Waals surface area contributed by atoms with Crippen molar-refractivity contribution in [3.63, 3.8) is 0 Å². The van der Waals surface area contributed by atoms with Crippen LogP contribution in [-0.2, 0) is 6.42 Å². The summed E-state index contributed by atoms with van der Waals surface area (Å²) in [5.74, 6) is 0. The van der Waals surface area contributed by atoms with Crippen molar-refractivity contribution in [1.29, 1.82) is 0 Å².